The van der Waals surface area contributed by atoms with Gasteiger partial charge in [-0.2, -0.15) is 0 Å². The van der Waals surface area contributed by atoms with Gasteiger partial charge in [-0.25, -0.2) is 9.97 Å². The lowest BCUT2D eigenvalue weighted by Crippen LogP contribution is -2.33. The fraction of sp³-hybridized carbons (Fsp3) is 0.190. The average Bonchev–Trinajstić information content (AvgIpc) is 3.46. The molecule has 0 N–H and O–H groups in total. The molecule has 1 aliphatic rings. The number of nitrogens with zero attached hydrogens (tertiary/aromatic N) is 4. The van der Waals surface area contributed by atoms with E-state index < -0.39 is 0 Å². The molecular formula is C21H18N4O. The maximum Gasteiger partial charge on any atom is 0.273 e. The molecule has 1 aliphatic carbocycles. The molecule has 0 unspecified atom stereocenters. The fourth-order valence-corrected chi connectivity index (χ4v) is 3.36. The normalized spacial score (nSPS) is 14.0. The van der Waals surface area contributed by atoms with Crippen molar-refractivity contribution in [2.24, 2.45) is 0 Å². The Hall–Kier alpha value is -3.21. The number of para-hydroxylation sites is 1. The number of carbonyl (C=O) groups is 1. The molecule has 0 atom stereocenters. The largest absolute Gasteiger partial charge is 0.328 e. The number of carbonyl (C=O) groups excluding carboxylic acids is 1. The summed E-state index contributed by atoms with van der Waals surface area (Å²) in [4.78, 5) is 24.1. The monoisotopic (exact) mass is 342 g/mol. The molecule has 1 fully saturated rings. The van der Waals surface area contributed by atoms with E-state index in [1.54, 1.807) is 0 Å². The molecule has 5 rings (SSSR count). The van der Waals surface area contributed by atoms with Crippen LogP contribution in [0, 0.1) is 0 Å². The highest BCUT2D eigenvalue weighted by molar-refractivity contribution is 5.95. The number of benzene rings is 1. The Morgan fingerprint density at radius 1 is 1.08 bits per heavy atom. The van der Waals surface area contributed by atoms with Gasteiger partial charge in [-0.05, 0) is 37.1 Å². The highest BCUT2D eigenvalue weighted by Crippen LogP contribution is 2.30. The second-order valence-corrected chi connectivity index (χ2v) is 6.73. The van der Waals surface area contributed by atoms with Gasteiger partial charge in [0.2, 0.25) is 0 Å². The third kappa shape index (κ3) is 2.62. The van der Waals surface area contributed by atoms with E-state index in [1.165, 1.54) is 0 Å². The molecule has 1 aromatic carbocycles. The molecule has 4 aromatic rings. The molecule has 0 aliphatic heterocycles. The minimum absolute atomic E-state index is 0.0101. The first-order valence-electron chi connectivity index (χ1n) is 8.87. The van der Waals surface area contributed by atoms with Gasteiger partial charge in [0.05, 0.1) is 24.0 Å². The molecule has 1 amide bonds. The zero-order valence-electron chi connectivity index (χ0n) is 14.2. The van der Waals surface area contributed by atoms with E-state index >= 15 is 0 Å². The van der Waals surface area contributed by atoms with Gasteiger partial charge in [-0.1, -0.05) is 30.3 Å². The number of amides is 1. The Bertz CT molecular complexity index is 1110. The average molecular weight is 342 g/mol. The Kier molecular flexibility index (Phi) is 3.45. The summed E-state index contributed by atoms with van der Waals surface area (Å²) in [5.74, 6) is -0.0101. The van der Waals surface area contributed by atoms with Crippen LogP contribution in [0.2, 0.25) is 0 Å². The summed E-state index contributed by atoms with van der Waals surface area (Å²) in [6, 6.07) is 17.9. The smallest absolute Gasteiger partial charge is 0.273 e. The van der Waals surface area contributed by atoms with Crippen LogP contribution >= 0.6 is 0 Å². The van der Waals surface area contributed by atoms with E-state index in [0.717, 1.165) is 35.1 Å². The van der Waals surface area contributed by atoms with Crippen molar-refractivity contribution in [3.05, 3.63) is 78.4 Å². The predicted octanol–water partition coefficient (Wildman–Crippen LogP) is 3.69. The van der Waals surface area contributed by atoms with Crippen LogP contribution in [0.4, 0.5) is 0 Å². The van der Waals surface area contributed by atoms with Crippen LogP contribution in [0.25, 0.3) is 16.6 Å². The lowest BCUT2D eigenvalue weighted by atomic mass is 10.2. The fourth-order valence-electron chi connectivity index (χ4n) is 3.36. The summed E-state index contributed by atoms with van der Waals surface area (Å²) in [7, 11) is 0. The molecule has 26 heavy (non-hydrogen) atoms. The minimum atomic E-state index is -0.0101. The van der Waals surface area contributed by atoms with E-state index in [4.69, 9.17) is 0 Å². The number of hydrogen-bond acceptors (Lipinski definition) is 3. The van der Waals surface area contributed by atoms with Crippen molar-refractivity contribution in [1.29, 1.82) is 0 Å². The minimum Gasteiger partial charge on any atom is -0.328 e. The molecule has 3 aromatic heterocycles. The molecular weight excluding hydrogens is 324 g/mol. The van der Waals surface area contributed by atoms with Crippen LogP contribution < -0.4 is 0 Å². The van der Waals surface area contributed by atoms with Crippen LogP contribution in [0.15, 0.2) is 67.0 Å². The third-order valence-electron chi connectivity index (χ3n) is 4.89. The van der Waals surface area contributed by atoms with Gasteiger partial charge in [0.15, 0.2) is 0 Å². The van der Waals surface area contributed by atoms with Crippen molar-refractivity contribution in [2.45, 2.75) is 25.4 Å². The van der Waals surface area contributed by atoms with Crippen molar-refractivity contribution in [3.63, 3.8) is 0 Å². The number of rotatable bonds is 4. The topological polar surface area (TPSA) is 50.5 Å². The van der Waals surface area contributed by atoms with Gasteiger partial charge in [0, 0.05) is 17.6 Å². The van der Waals surface area contributed by atoms with Gasteiger partial charge in [-0.15, -0.1) is 0 Å². The van der Waals surface area contributed by atoms with E-state index in [9.17, 15) is 4.79 Å². The van der Waals surface area contributed by atoms with Crippen LogP contribution in [0.1, 0.15) is 29.0 Å². The number of imidazole rings is 1. The van der Waals surface area contributed by atoms with Gasteiger partial charge >= 0.3 is 0 Å². The Labute approximate surface area is 150 Å². The maximum atomic E-state index is 13.2. The van der Waals surface area contributed by atoms with Crippen molar-refractivity contribution < 1.29 is 4.79 Å². The zero-order valence-corrected chi connectivity index (χ0v) is 14.2. The lowest BCUT2D eigenvalue weighted by molar-refractivity contribution is 0.0722. The van der Waals surface area contributed by atoms with Crippen molar-refractivity contribution in [3.8, 4) is 0 Å². The summed E-state index contributed by atoms with van der Waals surface area (Å²) in [5.41, 5.74) is 3.27. The number of aromatic nitrogens is 3. The molecule has 5 nitrogen and oxygen atoms in total. The van der Waals surface area contributed by atoms with Crippen LogP contribution in [0.5, 0.6) is 0 Å². The summed E-state index contributed by atoms with van der Waals surface area (Å²) < 4.78 is 2.04. The second-order valence-electron chi connectivity index (χ2n) is 6.73. The second kappa shape index (κ2) is 5.95. The van der Waals surface area contributed by atoms with Crippen LogP contribution in [-0.4, -0.2) is 31.2 Å². The summed E-state index contributed by atoms with van der Waals surface area (Å²) in [5, 5.41) is 1.05. The van der Waals surface area contributed by atoms with Crippen LogP contribution in [-0.2, 0) is 6.54 Å². The quantitative estimate of drug-likeness (QED) is 0.568. The highest BCUT2D eigenvalue weighted by Gasteiger charge is 2.34. The number of pyridine rings is 2. The Morgan fingerprint density at radius 3 is 2.81 bits per heavy atom. The predicted molar refractivity (Wildman–Crippen MR) is 99.8 cm³/mol. The van der Waals surface area contributed by atoms with E-state index in [0.29, 0.717) is 18.3 Å². The van der Waals surface area contributed by atoms with E-state index in [1.807, 2.05) is 76.3 Å². The molecule has 0 radical (unpaired) electrons. The third-order valence-corrected chi connectivity index (χ3v) is 4.89. The number of fused-ring (bicyclic) bond motifs is 2. The van der Waals surface area contributed by atoms with Gasteiger partial charge in [0.25, 0.3) is 5.91 Å². The molecule has 128 valence electrons. The first-order valence-corrected chi connectivity index (χ1v) is 8.87. The molecule has 1 saturated carbocycles. The molecule has 3 heterocycles. The van der Waals surface area contributed by atoms with Crippen molar-refractivity contribution >= 4 is 22.5 Å². The number of hydrogen-bond donors (Lipinski definition) is 0. The first-order chi connectivity index (χ1) is 12.8. The lowest BCUT2D eigenvalue weighted by Gasteiger charge is -2.22. The standard InChI is InChI=1S/C21H18N4O/c26-21(19-11-8-15-5-1-2-6-18(15)23-19)25(16-9-10-16)14-17-13-22-20-7-3-4-12-24(17)20/h1-8,11-13,16H,9-10,14H2. The first kappa shape index (κ1) is 15.1. The van der Waals surface area contributed by atoms with Crippen LogP contribution in [0.3, 0.4) is 0 Å². The van der Waals surface area contributed by atoms with Gasteiger partial charge in [-0.3, -0.25) is 4.79 Å². The molecule has 0 bridgehead atoms. The molecule has 0 saturated heterocycles. The van der Waals surface area contributed by atoms with Crippen molar-refractivity contribution in [2.75, 3.05) is 0 Å². The molecule has 0 spiro atoms. The highest BCUT2D eigenvalue weighted by atomic mass is 16.2. The SMILES string of the molecule is O=C(c1ccc2ccccc2n1)N(Cc1cnc2ccccn12)C1CC1. The Morgan fingerprint density at radius 2 is 1.92 bits per heavy atom. The van der Waals surface area contributed by atoms with Crippen molar-refractivity contribution in [1.82, 2.24) is 19.3 Å². The summed E-state index contributed by atoms with van der Waals surface area (Å²) in [6.07, 6.45) is 5.94. The summed E-state index contributed by atoms with van der Waals surface area (Å²) >= 11 is 0. The Balaban J connectivity index is 1.49. The van der Waals surface area contributed by atoms with Gasteiger partial charge < -0.3 is 9.30 Å². The molecule has 5 heteroatoms. The zero-order chi connectivity index (χ0) is 17.5. The van der Waals surface area contributed by atoms with E-state index in [-0.39, 0.29) is 5.91 Å². The summed E-state index contributed by atoms with van der Waals surface area (Å²) in [6.45, 7) is 0.545. The maximum absolute atomic E-state index is 13.2. The van der Waals surface area contributed by atoms with Gasteiger partial charge in [0.1, 0.15) is 11.3 Å². The van der Waals surface area contributed by atoms with E-state index in [2.05, 4.69) is 9.97 Å².